The van der Waals surface area contributed by atoms with Gasteiger partial charge in [0.25, 0.3) is 0 Å². The number of rotatable bonds is 3. The number of hydrogen-bond donors (Lipinski definition) is 2. The fourth-order valence-electron chi connectivity index (χ4n) is 3.19. The average molecular weight is 357 g/mol. The van der Waals surface area contributed by atoms with E-state index >= 15 is 0 Å². The molecule has 2 aliphatic rings. The molecule has 0 radical (unpaired) electrons. The highest BCUT2D eigenvalue weighted by molar-refractivity contribution is 7.99. The molecule has 0 unspecified atom stereocenters. The van der Waals surface area contributed by atoms with Crippen LogP contribution in [0.4, 0.5) is 16.3 Å². The van der Waals surface area contributed by atoms with Crippen LogP contribution in [0.25, 0.3) is 0 Å². The lowest BCUT2D eigenvalue weighted by atomic mass is 10.1. The summed E-state index contributed by atoms with van der Waals surface area (Å²) < 4.78 is 5.08. The van der Waals surface area contributed by atoms with Gasteiger partial charge in [-0.05, 0) is 30.5 Å². The lowest BCUT2D eigenvalue weighted by Crippen LogP contribution is -2.38. The van der Waals surface area contributed by atoms with E-state index in [2.05, 4.69) is 38.4 Å². The molecule has 0 saturated carbocycles. The molecule has 130 valence electrons. The standard InChI is InChI=1S/C17H19N5O2S/c18-17(23)24-12-3-7-22(8-4-12)10-11-1-2-14-13(9-11)21-15-16(25-14)20-6-5-19-15/h1-2,5-6,9,12H,3-4,7-8,10H2,(H2,18,23)(H,19,21). The normalized spacial score (nSPS) is 17.3. The van der Waals surface area contributed by atoms with Crippen molar-refractivity contribution in [3.05, 3.63) is 36.2 Å². The monoisotopic (exact) mass is 357 g/mol. The minimum Gasteiger partial charge on any atom is -0.446 e. The smallest absolute Gasteiger partial charge is 0.404 e. The molecule has 0 bridgehead atoms. The minimum atomic E-state index is -0.680. The highest BCUT2D eigenvalue weighted by Crippen LogP contribution is 2.42. The zero-order chi connectivity index (χ0) is 17.2. The third-order valence-electron chi connectivity index (χ3n) is 4.39. The third kappa shape index (κ3) is 3.69. The maximum Gasteiger partial charge on any atom is 0.404 e. The molecule has 7 nitrogen and oxygen atoms in total. The van der Waals surface area contributed by atoms with Crippen LogP contribution in [0.5, 0.6) is 0 Å². The van der Waals surface area contributed by atoms with Crippen LogP contribution in [-0.2, 0) is 11.3 Å². The maximum absolute atomic E-state index is 10.8. The van der Waals surface area contributed by atoms with Gasteiger partial charge in [-0.1, -0.05) is 17.8 Å². The molecule has 3 N–H and O–H groups in total. The average Bonchev–Trinajstić information content (AvgIpc) is 2.61. The van der Waals surface area contributed by atoms with Crippen molar-refractivity contribution in [1.82, 2.24) is 14.9 Å². The van der Waals surface area contributed by atoms with Gasteiger partial charge < -0.3 is 15.8 Å². The molecule has 1 aromatic heterocycles. The third-order valence-corrected chi connectivity index (χ3v) is 5.46. The molecule has 1 fully saturated rings. The van der Waals surface area contributed by atoms with Crippen LogP contribution >= 0.6 is 11.8 Å². The first-order valence-electron chi connectivity index (χ1n) is 8.24. The van der Waals surface area contributed by atoms with E-state index in [1.54, 1.807) is 24.2 Å². The van der Waals surface area contributed by atoms with Gasteiger partial charge in [0.05, 0.1) is 5.69 Å². The van der Waals surface area contributed by atoms with Crippen LogP contribution in [0, 0.1) is 0 Å². The van der Waals surface area contributed by atoms with Crippen molar-refractivity contribution in [1.29, 1.82) is 0 Å². The Kier molecular flexibility index (Phi) is 4.46. The largest absolute Gasteiger partial charge is 0.446 e. The Morgan fingerprint density at radius 3 is 2.92 bits per heavy atom. The number of nitrogens with zero attached hydrogens (tertiary/aromatic N) is 3. The number of amides is 1. The van der Waals surface area contributed by atoms with E-state index in [1.807, 2.05) is 0 Å². The molecule has 3 heterocycles. The summed E-state index contributed by atoms with van der Waals surface area (Å²) in [5.41, 5.74) is 7.40. The summed E-state index contributed by atoms with van der Waals surface area (Å²) in [6, 6.07) is 6.45. The van der Waals surface area contributed by atoms with E-state index in [0.29, 0.717) is 0 Å². The number of primary amides is 1. The van der Waals surface area contributed by atoms with Crippen LogP contribution < -0.4 is 11.1 Å². The second-order valence-corrected chi connectivity index (χ2v) is 7.21. The Morgan fingerprint density at radius 1 is 1.32 bits per heavy atom. The lowest BCUT2D eigenvalue weighted by molar-refractivity contribution is 0.0541. The molecular formula is C17H19N5O2S. The Hall–Kier alpha value is -2.32. The molecule has 0 atom stereocenters. The summed E-state index contributed by atoms with van der Waals surface area (Å²) in [7, 11) is 0. The quantitative estimate of drug-likeness (QED) is 0.744. The first-order chi connectivity index (χ1) is 12.2. The van der Waals surface area contributed by atoms with Gasteiger partial charge >= 0.3 is 6.09 Å². The zero-order valence-electron chi connectivity index (χ0n) is 13.6. The van der Waals surface area contributed by atoms with Gasteiger partial charge in [-0.2, -0.15) is 0 Å². The number of hydrogen-bond acceptors (Lipinski definition) is 7. The second-order valence-electron chi connectivity index (χ2n) is 6.18. The number of piperidine rings is 1. The van der Waals surface area contributed by atoms with E-state index in [4.69, 9.17) is 10.5 Å². The summed E-state index contributed by atoms with van der Waals surface area (Å²) in [6.07, 6.45) is 4.32. The minimum absolute atomic E-state index is 0.0505. The van der Waals surface area contributed by atoms with Gasteiger partial charge in [0.2, 0.25) is 0 Å². The van der Waals surface area contributed by atoms with Gasteiger partial charge in [0.15, 0.2) is 5.82 Å². The highest BCUT2D eigenvalue weighted by atomic mass is 32.2. The molecular weight excluding hydrogens is 338 g/mol. The summed E-state index contributed by atoms with van der Waals surface area (Å²) in [6.45, 7) is 2.66. The van der Waals surface area contributed by atoms with E-state index in [9.17, 15) is 4.79 Å². The Labute approximate surface area is 150 Å². The number of likely N-dealkylation sites (tertiary alicyclic amines) is 1. The molecule has 1 saturated heterocycles. The molecule has 4 rings (SSSR count). The van der Waals surface area contributed by atoms with Crippen LogP contribution in [0.3, 0.4) is 0 Å². The Morgan fingerprint density at radius 2 is 2.12 bits per heavy atom. The number of fused-ring (bicyclic) bond motifs is 2. The first-order valence-corrected chi connectivity index (χ1v) is 9.06. The fourth-order valence-corrected chi connectivity index (χ4v) is 4.07. The van der Waals surface area contributed by atoms with E-state index < -0.39 is 6.09 Å². The van der Waals surface area contributed by atoms with Gasteiger partial charge in [-0.3, -0.25) is 4.90 Å². The van der Waals surface area contributed by atoms with E-state index in [-0.39, 0.29) is 6.10 Å². The van der Waals surface area contributed by atoms with Crippen molar-refractivity contribution in [3.63, 3.8) is 0 Å². The number of anilines is 2. The Bertz CT molecular complexity index is 792. The predicted octanol–water partition coefficient (Wildman–Crippen LogP) is 2.74. The Balaban J connectivity index is 1.40. The molecule has 25 heavy (non-hydrogen) atoms. The van der Waals surface area contributed by atoms with Crippen LogP contribution in [0.1, 0.15) is 18.4 Å². The van der Waals surface area contributed by atoms with Crippen LogP contribution in [0.2, 0.25) is 0 Å². The molecule has 2 aromatic rings. The molecule has 1 aromatic carbocycles. The number of carbonyl (C=O) groups is 1. The van der Waals surface area contributed by atoms with Gasteiger partial charge in [0.1, 0.15) is 11.1 Å². The van der Waals surface area contributed by atoms with Crippen molar-refractivity contribution >= 4 is 29.4 Å². The molecule has 0 spiro atoms. The molecule has 8 heteroatoms. The molecule has 0 aliphatic carbocycles. The van der Waals surface area contributed by atoms with Crippen LogP contribution in [0.15, 0.2) is 40.5 Å². The van der Waals surface area contributed by atoms with Gasteiger partial charge in [-0.15, -0.1) is 0 Å². The number of ether oxygens (including phenoxy) is 1. The second kappa shape index (κ2) is 6.89. The van der Waals surface area contributed by atoms with Gasteiger partial charge in [-0.25, -0.2) is 14.8 Å². The number of carbonyl (C=O) groups excluding carboxylic acids is 1. The lowest BCUT2D eigenvalue weighted by Gasteiger charge is -2.31. The molecule has 2 aliphatic heterocycles. The zero-order valence-corrected chi connectivity index (χ0v) is 14.5. The number of nitrogens with two attached hydrogens (primary N) is 1. The maximum atomic E-state index is 10.8. The number of benzene rings is 1. The summed E-state index contributed by atoms with van der Waals surface area (Å²) >= 11 is 1.63. The van der Waals surface area contributed by atoms with Crippen molar-refractivity contribution in [2.75, 3.05) is 18.4 Å². The summed E-state index contributed by atoms with van der Waals surface area (Å²) in [5.74, 6) is 0.807. The van der Waals surface area contributed by atoms with Crippen molar-refractivity contribution in [3.8, 4) is 0 Å². The highest BCUT2D eigenvalue weighted by Gasteiger charge is 2.22. The topological polar surface area (TPSA) is 93.4 Å². The fraction of sp³-hybridized carbons (Fsp3) is 0.353. The SMILES string of the molecule is NC(=O)OC1CCN(Cc2ccc3c(c2)Nc2nccnc2S3)CC1. The van der Waals surface area contributed by atoms with Crippen LogP contribution in [-0.4, -0.2) is 40.2 Å². The van der Waals surface area contributed by atoms with Crippen molar-refractivity contribution in [2.24, 2.45) is 5.73 Å². The van der Waals surface area contributed by atoms with Crippen molar-refractivity contribution in [2.45, 2.75) is 35.4 Å². The summed E-state index contributed by atoms with van der Waals surface area (Å²) in [4.78, 5) is 23.0. The first kappa shape index (κ1) is 16.2. The number of aromatic nitrogens is 2. The van der Waals surface area contributed by atoms with Gasteiger partial charge in [0, 0.05) is 36.9 Å². The van der Waals surface area contributed by atoms with E-state index in [1.165, 1.54) is 5.56 Å². The molecule has 1 amide bonds. The summed E-state index contributed by atoms with van der Waals surface area (Å²) in [5, 5.41) is 4.26. The number of nitrogens with one attached hydrogen (secondary N) is 1. The predicted molar refractivity (Wildman–Crippen MR) is 94.8 cm³/mol. The van der Waals surface area contributed by atoms with E-state index in [0.717, 1.165) is 53.9 Å². The van der Waals surface area contributed by atoms with Crippen molar-refractivity contribution < 1.29 is 9.53 Å².